The Morgan fingerprint density at radius 2 is 1.43 bits per heavy atom. The van der Waals surface area contributed by atoms with Crippen LogP contribution >= 0.6 is 0 Å². The van der Waals surface area contributed by atoms with E-state index in [-0.39, 0.29) is 16.8 Å². The summed E-state index contributed by atoms with van der Waals surface area (Å²) in [5.74, 6) is -3.66. The largest absolute Gasteiger partial charge is 0.479 e. The number of aliphatic carboxylic acids is 2. The van der Waals surface area contributed by atoms with Gasteiger partial charge in [-0.05, 0) is 5.56 Å². The van der Waals surface area contributed by atoms with Gasteiger partial charge in [0.15, 0.2) is 5.69 Å². The molecule has 9 nitrogen and oxygen atoms in total. The molecular formula is C19H15N3O6. The molecule has 2 N–H and O–H groups in total. The molecule has 3 aromatic rings. The van der Waals surface area contributed by atoms with E-state index in [0.717, 1.165) is 4.68 Å². The summed E-state index contributed by atoms with van der Waals surface area (Å²) in [4.78, 5) is 48.5. The molecule has 9 heteroatoms. The smallest absolute Gasteiger partial charge is 0.349 e. The fraction of sp³-hybridized carbons (Fsp3) is 0.105. The Morgan fingerprint density at radius 1 is 0.893 bits per heavy atom. The van der Waals surface area contributed by atoms with Gasteiger partial charge in [-0.3, -0.25) is 4.79 Å². The van der Waals surface area contributed by atoms with Gasteiger partial charge in [-0.25, -0.2) is 23.6 Å². The molecule has 0 aliphatic heterocycles. The predicted octanol–water partition coefficient (Wildman–Crippen LogP) is 0.831. The van der Waals surface area contributed by atoms with E-state index in [4.69, 9.17) is 0 Å². The standard InChI is InChI=1S/C19H15N3O6/c23-16-14(13-9-5-2-6-10-13)20-21(11-12-7-3-1-4-8-12)19(28)22(16)15(17(24)25)18(26)27/h1-10,15H,11H2,(H,24,25)(H,26,27). The first-order valence-corrected chi connectivity index (χ1v) is 8.18. The Kier molecular flexibility index (Phi) is 5.16. The number of aromatic nitrogens is 3. The van der Waals surface area contributed by atoms with Crippen molar-refractivity contribution in [2.24, 2.45) is 0 Å². The molecule has 0 spiro atoms. The molecule has 0 radical (unpaired) electrons. The molecular weight excluding hydrogens is 366 g/mol. The fourth-order valence-corrected chi connectivity index (χ4v) is 2.72. The van der Waals surface area contributed by atoms with E-state index in [1.54, 1.807) is 60.7 Å². The topological polar surface area (TPSA) is 131 Å². The summed E-state index contributed by atoms with van der Waals surface area (Å²) in [6.45, 7) is -0.0637. The van der Waals surface area contributed by atoms with Crippen LogP contribution in [0.5, 0.6) is 0 Å². The third-order valence-corrected chi connectivity index (χ3v) is 4.02. The molecule has 0 unspecified atom stereocenters. The lowest BCUT2D eigenvalue weighted by atomic mass is 10.1. The van der Waals surface area contributed by atoms with Gasteiger partial charge in [-0.1, -0.05) is 60.7 Å². The summed E-state index contributed by atoms with van der Waals surface area (Å²) in [6.07, 6.45) is 0. The van der Waals surface area contributed by atoms with E-state index in [0.29, 0.717) is 11.1 Å². The fourth-order valence-electron chi connectivity index (χ4n) is 2.72. The maximum atomic E-state index is 12.8. The molecule has 1 aromatic heterocycles. The Bertz CT molecular complexity index is 1120. The minimum atomic E-state index is -2.37. The second-order valence-corrected chi connectivity index (χ2v) is 5.89. The molecule has 1 heterocycles. The summed E-state index contributed by atoms with van der Waals surface area (Å²) in [6, 6.07) is 14.4. The van der Waals surface area contributed by atoms with Gasteiger partial charge in [-0.15, -0.1) is 0 Å². The average Bonchev–Trinajstić information content (AvgIpc) is 2.68. The van der Waals surface area contributed by atoms with Gasteiger partial charge in [0.05, 0.1) is 6.54 Å². The Morgan fingerprint density at radius 3 is 1.96 bits per heavy atom. The van der Waals surface area contributed by atoms with Crippen LogP contribution in [0.1, 0.15) is 11.6 Å². The van der Waals surface area contributed by atoms with Crippen LogP contribution in [0.2, 0.25) is 0 Å². The SMILES string of the molecule is O=C(O)C(C(=O)O)n1c(=O)c(-c2ccccc2)nn(Cc2ccccc2)c1=O. The highest BCUT2D eigenvalue weighted by Crippen LogP contribution is 2.13. The highest BCUT2D eigenvalue weighted by molar-refractivity contribution is 5.95. The molecule has 3 rings (SSSR count). The second-order valence-electron chi connectivity index (χ2n) is 5.89. The van der Waals surface area contributed by atoms with Gasteiger partial charge in [0.1, 0.15) is 0 Å². The first-order valence-electron chi connectivity index (χ1n) is 8.18. The number of hydrogen-bond acceptors (Lipinski definition) is 5. The van der Waals surface area contributed by atoms with Crippen LogP contribution in [-0.2, 0) is 16.1 Å². The van der Waals surface area contributed by atoms with Crippen LogP contribution in [0, 0.1) is 0 Å². The molecule has 0 saturated carbocycles. The number of carbonyl (C=O) groups is 2. The summed E-state index contributed by atoms with van der Waals surface area (Å²) in [5.41, 5.74) is -1.43. The minimum Gasteiger partial charge on any atom is -0.479 e. The quantitative estimate of drug-likeness (QED) is 0.605. The molecule has 0 fully saturated rings. The first kappa shape index (κ1) is 18.8. The monoisotopic (exact) mass is 381 g/mol. The third-order valence-electron chi connectivity index (χ3n) is 4.02. The number of carboxylic acids is 2. The predicted molar refractivity (Wildman–Crippen MR) is 98.0 cm³/mol. The van der Waals surface area contributed by atoms with E-state index >= 15 is 0 Å². The Hall–Kier alpha value is -4.01. The maximum absolute atomic E-state index is 12.8. The normalized spacial score (nSPS) is 10.8. The van der Waals surface area contributed by atoms with Crippen LogP contribution in [0.25, 0.3) is 11.3 Å². The van der Waals surface area contributed by atoms with Crippen molar-refractivity contribution in [3.63, 3.8) is 0 Å². The van der Waals surface area contributed by atoms with Crippen molar-refractivity contribution in [1.82, 2.24) is 14.3 Å². The highest BCUT2D eigenvalue weighted by atomic mass is 16.4. The molecule has 0 amide bonds. The van der Waals surface area contributed by atoms with Gasteiger partial charge >= 0.3 is 17.6 Å². The van der Waals surface area contributed by atoms with Gasteiger partial charge in [0.25, 0.3) is 5.56 Å². The van der Waals surface area contributed by atoms with Crippen molar-refractivity contribution in [1.29, 1.82) is 0 Å². The van der Waals surface area contributed by atoms with Crippen molar-refractivity contribution < 1.29 is 19.8 Å². The minimum absolute atomic E-state index is 0.0637. The number of rotatable bonds is 6. The van der Waals surface area contributed by atoms with E-state index in [1.807, 2.05) is 0 Å². The van der Waals surface area contributed by atoms with Crippen LogP contribution in [0.15, 0.2) is 70.3 Å². The zero-order valence-electron chi connectivity index (χ0n) is 14.4. The molecule has 0 aliphatic rings. The second kappa shape index (κ2) is 7.70. The summed E-state index contributed by atoms with van der Waals surface area (Å²) in [7, 11) is 0. The van der Waals surface area contributed by atoms with Crippen LogP contribution in [0.3, 0.4) is 0 Å². The van der Waals surface area contributed by atoms with E-state index in [2.05, 4.69) is 5.10 Å². The van der Waals surface area contributed by atoms with E-state index in [9.17, 15) is 29.4 Å². The lowest BCUT2D eigenvalue weighted by Gasteiger charge is -2.15. The molecule has 0 bridgehead atoms. The van der Waals surface area contributed by atoms with Crippen molar-refractivity contribution in [3.8, 4) is 11.3 Å². The average molecular weight is 381 g/mol. The van der Waals surface area contributed by atoms with Crippen molar-refractivity contribution >= 4 is 11.9 Å². The highest BCUT2D eigenvalue weighted by Gasteiger charge is 2.33. The lowest BCUT2D eigenvalue weighted by molar-refractivity contribution is -0.153. The van der Waals surface area contributed by atoms with Crippen molar-refractivity contribution in [3.05, 3.63) is 87.1 Å². The number of nitrogens with zero attached hydrogens (tertiary/aromatic N) is 3. The maximum Gasteiger partial charge on any atom is 0.349 e. The molecule has 142 valence electrons. The Labute approximate surface area is 157 Å². The molecule has 28 heavy (non-hydrogen) atoms. The van der Waals surface area contributed by atoms with Crippen LogP contribution < -0.4 is 11.2 Å². The van der Waals surface area contributed by atoms with Crippen molar-refractivity contribution in [2.75, 3.05) is 0 Å². The summed E-state index contributed by atoms with van der Waals surface area (Å²) < 4.78 is 1.10. The van der Waals surface area contributed by atoms with Crippen LogP contribution in [-0.4, -0.2) is 36.5 Å². The molecule has 0 aliphatic carbocycles. The Balaban J connectivity index is 2.30. The number of hydrogen-bond donors (Lipinski definition) is 2. The van der Waals surface area contributed by atoms with Gasteiger partial charge < -0.3 is 10.2 Å². The zero-order chi connectivity index (χ0) is 20.3. The van der Waals surface area contributed by atoms with E-state index < -0.39 is 29.2 Å². The molecule has 2 aromatic carbocycles. The summed E-state index contributed by atoms with van der Waals surface area (Å²) in [5, 5.41) is 22.6. The lowest BCUT2D eigenvalue weighted by Crippen LogP contribution is -2.48. The number of carboxylic acid groups (broad SMARTS) is 2. The zero-order valence-corrected chi connectivity index (χ0v) is 14.4. The van der Waals surface area contributed by atoms with Gasteiger partial charge in [0.2, 0.25) is 6.04 Å². The van der Waals surface area contributed by atoms with Gasteiger partial charge in [-0.2, -0.15) is 5.10 Å². The molecule has 0 atom stereocenters. The summed E-state index contributed by atoms with van der Waals surface area (Å²) >= 11 is 0. The van der Waals surface area contributed by atoms with Gasteiger partial charge in [0, 0.05) is 5.56 Å². The van der Waals surface area contributed by atoms with Crippen molar-refractivity contribution in [2.45, 2.75) is 12.6 Å². The van der Waals surface area contributed by atoms with Crippen LogP contribution in [0.4, 0.5) is 0 Å². The third kappa shape index (κ3) is 3.58. The molecule has 0 saturated heterocycles. The number of benzene rings is 2. The first-order chi connectivity index (χ1) is 13.4. The van der Waals surface area contributed by atoms with E-state index in [1.165, 1.54) is 0 Å².